The number of anilines is 2. The number of hydrogen-bond acceptors (Lipinski definition) is 4. The van der Waals surface area contributed by atoms with E-state index in [1.807, 2.05) is 6.20 Å². The number of amides is 1. The molecule has 1 amide bonds. The average Bonchev–Trinajstić information content (AvgIpc) is 2.14. The molecule has 84 valence electrons. The first-order valence-corrected chi connectivity index (χ1v) is 7.98. The molecule has 0 aromatic carbocycles. The Balaban J connectivity index is 2.24. The molecule has 5 nitrogen and oxygen atoms in total. The Hall–Kier alpha value is -0.851. The van der Waals surface area contributed by atoms with Gasteiger partial charge in [-0.2, -0.15) is 0 Å². The van der Waals surface area contributed by atoms with Gasteiger partial charge < -0.3 is 0 Å². The summed E-state index contributed by atoms with van der Waals surface area (Å²) in [7, 11) is 0. The normalized spacial score (nSPS) is 15.1. The van der Waals surface area contributed by atoms with Gasteiger partial charge in [0.2, 0.25) is 0 Å². The number of nitrogens with zero attached hydrogens (tertiary/aromatic N) is 2. The van der Waals surface area contributed by atoms with Crippen molar-refractivity contribution in [1.82, 2.24) is 9.97 Å². The van der Waals surface area contributed by atoms with Crippen molar-refractivity contribution in [2.75, 3.05) is 17.2 Å². The van der Waals surface area contributed by atoms with Crippen molar-refractivity contribution in [3.8, 4) is 0 Å². The first-order valence-electron chi connectivity index (χ1n) is 5.13. The van der Waals surface area contributed by atoms with Gasteiger partial charge in [0.15, 0.2) is 0 Å². The zero-order valence-corrected chi connectivity index (χ0v) is 12.4. The number of rotatable bonds is 1. The SMILES string of the molecule is C[C](C)(C)[Sn][c]1cnc2c(n1)NC(=O)CN2. The fourth-order valence-electron chi connectivity index (χ4n) is 1.39. The summed E-state index contributed by atoms with van der Waals surface area (Å²) < 4.78 is 1.40. The molecule has 0 atom stereocenters. The molecule has 6 heteroatoms. The van der Waals surface area contributed by atoms with Crippen molar-refractivity contribution in [2.24, 2.45) is 0 Å². The number of fused-ring (bicyclic) bond motifs is 1. The Bertz CT molecular complexity index is 427. The summed E-state index contributed by atoms with van der Waals surface area (Å²) in [4.78, 5) is 20.0. The second kappa shape index (κ2) is 4.19. The summed E-state index contributed by atoms with van der Waals surface area (Å²) in [6, 6.07) is 0. The summed E-state index contributed by atoms with van der Waals surface area (Å²) in [6.45, 7) is 6.94. The topological polar surface area (TPSA) is 66.9 Å². The van der Waals surface area contributed by atoms with Crippen LogP contribution in [0.2, 0.25) is 3.43 Å². The number of aromatic nitrogens is 2. The minimum atomic E-state index is -0.766. The van der Waals surface area contributed by atoms with Crippen molar-refractivity contribution >= 4 is 42.4 Å². The van der Waals surface area contributed by atoms with E-state index in [1.165, 1.54) is 0 Å². The van der Waals surface area contributed by atoms with Crippen LogP contribution in [0.1, 0.15) is 20.8 Å². The predicted molar refractivity (Wildman–Crippen MR) is 64.3 cm³/mol. The van der Waals surface area contributed by atoms with E-state index in [9.17, 15) is 4.79 Å². The van der Waals surface area contributed by atoms with Gasteiger partial charge in [0, 0.05) is 0 Å². The van der Waals surface area contributed by atoms with E-state index >= 15 is 0 Å². The number of hydrogen-bond donors (Lipinski definition) is 2. The first kappa shape index (κ1) is 11.6. The monoisotopic (exact) mass is 326 g/mol. The molecule has 1 aromatic heterocycles. The molecule has 0 aliphatic carbocycles. The maximum atomic E-state index is 11.2. The maximum absolute atomic E-state index is 11.2. The summed E-state index contributed by atoms with van der Waals surface area (Å²) in [5.41, 5.74) is 0. The molecule has 1 aliphatic rings. The molecular formula is C10H14N4OSn. The Morgan fingerprint density at radius 1 is 1.38 bits per heavy atom. The van der Waals surface area contributed by atoms with Gasteiger partial charge in [-0.15, -0.1) is 0 Å². The number of carbonyl (C=O) groups excluding carboxylic acids is 1. The van der Waals surface area contributed by atoms with Crippen LogP contribution in [0, 0.1) is 0 Å². The van der Waals surface area contributed by atoms with E-state index in [0.29, 0.717) is 15.1 Å². The summed E-state index contributed by atoms with van der Waals surface area (Å²) in [6.07, 6.45) is 1.83. The zero-order valence-electron chi connectivity index (χ0n) is 9.59. The van der Waals surface area contributed by atoms with Crippen LogP contribution >= 0.6 is 0 Å². The fraction of sp³-hybridized carbons (Fsp3) is 0.500. The van der Waals surface area contributed by atoms with E-state index in [1.54, 1.807) is 0 Å². The molecule has 1 aliphatic heterocycles. The Morgan fingerprint density at radius 2 is 2.12 bits per heavy atom. The summed E-state index contributed by atoms with van der Waals surface area (Å²) >= 11 is -0.766. The molecular weight excluding hydrogens is 311 g/mol. The van der Waals surface area contributed by atoms with Gasteiger partial charge in [-0.05, 0) is 0 Å². The molecule has 2 N–H and O–H groups in total. The molecule has 1 aromatic rings. The Morgan fingerprint density at radius 3 is 2.81 bits per heavy atom. The van der Waals surface area contributed by atoms with Crippen LogP contribution in [0.25, 0.3) is 0 Å². The van der Waals surface area contributed by atoms with E-state index in [2.05, 4.69) is 41.4 Å². The number of carbonyl (C=O) groups is 1. The average molecular weight is 325 g/mol. The van der Waals surface area contributed by atoms with Crippen molar-refractivity contribution in [2.45, 2.75) is 24.2 Å². The van der Waals surface area contributed by atoms with Gasteiger partial charge in [-0.1, -0.05) is 0 Å². The molecule has 0 saturated heterocycles. The summed E-state index contributed by atoms with van der Waals surface area (Å²) in [5, 5.41) is 5.67. The van der Waals surface area contributed by atoms with Crippen LogP contribution in [0.15, 0.2) is 6.20 Å². The molecule has 0 saturated carbocycles. The van der Waals surface area contributed by atoms with Crippen LogP contribution in [-0.2, 0) is 4.79 Å². The molecule has 0 bridgehead atoms. The molecule has 2 heterocycles. The molecule has 0 unspecified atom stereocenters. The summed E-state index contributed by atoms with van der Waals surface area (Å²) in [5.74, 6) is 1.20. The van der Waals surface area contributed by atoms with Crippen LogP contribution in [0.5, 0.6) is 0 Å². The quantitative estimate of drug-likeness (QED) is 0.733. The van der Waals surface area contributed by atoms with Gasteiger partial charge in [0.05, 0.1) is 0 Å². The van der Waals surface area contributed by atoms with Crippen LogP contribution in [0.4, 0.5) is 11.6 Å². The first-order chi connectivity index (χ1) is 7.44. The van der Waals surface area contributed by atoms with E-state index < -0.39 is 21.1 Å². The predicted octanol–water partition coefficient (Wildman–Crippen LogP) is 0.388. The van der Waals surface area contributed by atoms with Crippen LogP contribution in [-0.4, -0.2) is 43.6 Å². The zero-order chi connectivity index (χ0) is 11.8. The fourth-order valence-corrected chi connectivity index (χ4v) is 4.43. The van der Waals surface area contributed by atoms with Crippen LogP contribution in [0.3, 0.4) is 0 Å². The Kier molecular flexibility index (Phi) is 3.05. The molecule has 2 radical (unpaired) electrons. The van der Waals surface area contributed by atoms with Gasteiger partial charge in [-0.3, -0.25) is 0 Å². The third-order valence-electron chi connectivity index (χ3n) is 1.95. The molecule has 0 spiro atoms. The standard InChI is InChI=1S/C6H5N4O.C4H9.Sn/c11-4-3-9-5-6(10-4)8-2-1-7-5;1-4(2)3;/h1H,3H2,(H,7,9)(H,8,10,11);1-3H3;. The Labute approximate surface area is 105 Å². The van der Waals surface area contributed by atoms with E-state index in [0.717, 1.165) is 3.71 Å². The molecule has 2 rings (SSSR count). The van der Waals surface area contributed by atoms with Crippen LogP contribution < -0.4 is 14.3 Å². The molecule has 0 fully saturated rings. The van der Waals surface area contributed by atoms with Gasteiger partial charge in [0.25, 0.3) is 0 Å². The van der Waals surface area contributed by atoms with Crippen molar-refractivity contribution < 1.29 is 4.79 Å². The molecule has 16 heavy (non-hydrogen) atoms. The third kappa shape index (κ3) is 2.84. The van der Waals surface area contributed by atoms with E-state index in [-0.39, 0.29) is 12.5 Å². The minimum absolute atomic E-state index is 0.0555. The third-order valence-corrected chi connectivity index (χ3v) is 5.51. The van der Waals surface area contributed by atoms with E-state index in [4.69, 9.17) is 0 Å². The van der Waals surface area contributed by atoms with Gasteiger partial charge >= 0.3 is 105 Å². The van der Waals surface area contributed by atoms with Gasteiger partial charge in [0.1, 0.15) is 0 Å². The van der Waals surface area contributed by atoms with Crippen molar-refractivity contribution in [3.63, 3.8) is 0 Å². The van der Waals surface area contributed by atoms with Crippen molar-refractivity contribution in [1.29, 1.82) is 0 Å². The van der Waals surface area contributed by atoms with Crippen molar-refractivity contribution in [3.05, 3.63) is 6.20 Å². The number of nitrogens with one attached hydrogen (secondary N) is 2. The second-order valence-corrected chi connectivity index (χ2v) is 11.2. The second-order valence-electron chi connectivity index (χ2n) is 4.73. The van der Waals surface area contributed by atoms with Gasteiger partial charge in [-0.25, -0.2) is 0 Å².